The third-order valence-corrected chi connectivity index (χ3v) is 3.13. The molecule has 1 aromatic heterocycles. The van der Waals surface area contributed by atoms with E-state index in [-0.39, 0.29) is 5.91 Å². The predicted molar refractivity (Wildman–Crippen MR) is 78.9 cm³/mol. The fourth-order valence-corrected chi connectivity index (χ4v) is 2.13. The zero-order valence-corrected chi connectivity index (χ0v) is 11.7. The molecule has 5 nitrogen and oxygen atoms in total. The molecule has 1 amide bonds. The van der Waals surface area contributed by atoms with E-state index in [1.165, 1.54) is 0 Å². The van der Waals surface area contributed by atoms with Crippen molar-refractivity contribution in [1.29, 1.82) is 0 Å². The molecule has 0 spiro atoms. The van der Waals surface area contributed by atoms with Gasteiger partial charge in [0.15, 0.2) is 0 Å². The molecule has 0 unspecified atom stereocenters. The van der Waals surface area contributed by atoms with Gasteiger partial charge in [0.2, 0.25) is 0 Å². The molecule has 0 fully saturated rings. The lowest BCUT2D eigenvalue weighted by atomic mass is 10.1. The second kappa shape index (κ2) is 6.14. The summed E-state index contributed by atoms with van der Waals surface area (Å²) >= 11 is 0. The van der Waals surface area contributed by atoms with Crippen LogP contribution < -0.4 is 15.8 Å². The Labute approximate surface area is 118 Å². The van der Waals surface area contributed by atoms with E-state index in [1.54, 1.807) is 31.0 Å². The van der Waals surface area contributed by atoms with Gasteiger partial charge in [0.1, 0.15) is 11.4 Å². The van der Waals surface area contributed by atoms with Crippen LogP contribution in [-0.4, -0.2) is 24.1 Å². The molecule has 20 heavy (non-hydrogen) atoms. The average molecular weight is 273 g/mol. The van der Waals surface area contributed by atoms with Crippen molar-refractivity contribution >= 4 is 11.6 Å². The summed E-state index contributed by atoms with van der Waals surface area (Å²) in [5.41, 5.74) is 7.87. The van der Waals surface area contributed by atoms with Gasteiger partial charge in [-0.25, -0.2) is 0 Å². The van der Waals surface area contributed by atoms with Crippen LogP contribution in [-0.2, 0) is 13.5 Å². The standard InChI is InChI=1S/C15H19N3O2/c1-18-10-12(16)9-13(18)15(19)17-8-7-11-5-3-4-6-14(11)20-2/h3-6,9-10H,7-8,16H2,1-2H3,(H,17,19). The number of aromatic nitrogens is 1. The molecule has 1 aromatic carbocycles. The first-order chi connectivity index (χ1) is 9.61. The van der Waals surface area contributed by atoms with Crippen molar-refractivity contribution in [3.63, 3.8) is 0 Å². The summed E-state index contributed by atoms with van der Waals surface area (Å²) in [6.07, 6.45) is 2.44. The van der Waals surface area contributed by atoms with Gasteiger partial charge >= 0.3 is 0 Å². The van der Waals surface area contributed by atoms with E-state index in [9.17, 15) is 4.79 Å². The molecular formula is C15H19N3O2. The molecule has 0 aliphatic carbocycles. The monoisotopic (exact) mass is 273 g/mol. The minimum Gasteiger partial charge on any atom is -0.496 e. The van der Waals surface area contributed by atoms with Gasteiger partial charge in [-0.2, -0.15) is 0 Å². The minimum absolute atomic E-state index is 0.126. The van der Waals surface area contributed by atoms with Crippen LogP contribution in [0.5, 0.6) is 5.75 Å². The van der Waals surface area contributed by atoms with Crippen LogP contribution in [0.15, 0.2) is 36.5 Å². The van der Waals surface area contributed by atoms with Crippen LogP contribution in [0, 0.1) is 0 Å². The molecule has 3 N–H and O–H groups in total. The average Bonchev–Trinajstić information content (AvgIpc) is 2.78. The van der Waals surface area contributed by atoms with Crippen molar-refractivity contribution in [1.82, 2.24) is 9.88 Å². The van der Waals surface area contributed by atoms with Crippen molar-refractivity contribution in [3.05, 3.63) is 47.8 Å². The molecule has 0 saturated heterocycles. The van der Waals surface area contributed by atoms with E-state index in [1.807, 2.05) is 24.3 Å². The Balaban J connectivity index is 1.93. The first-order valence-corrected chi connectivity index (χ1v) is 6.43. The van der Waals surface area contributed by atoms with Crippen LogP contribution in [0.3, 0.4) is 0 Å². The number of nitrogen functional groups attached to an aromatic ring is 1. The van der Waals surface area contributed by atoms with Gasteiger partial charge in [-0.3, -0.25) is 4.79 Å². The Morgan fingerprint density at radius 3 is 2.80 bits per heavy atom. The number of hydrogen-bond acceptors (Lipinski definition) is 3. The summed E-state index contributed by atoms with van der Waals surface area (Å²) in [6.45, 7) is 0.546. The van der Waals surface area contributed by atoms with Gasteiger partial charge in [-0.05, 0) is 24.1 Å². The third-order valence-electron chi connectivity index (χ3n) is 3.13. The largest absolute Gasteiger partial charge is 0.496 e. The highest BCUT2D eigenvalue weighted by Crippen LogP contribution is 2.17. The highest BCUT2D eigenvalue weighted by molar-refractivity contribution is 5.93. The smallest absolute Gasteiger partial charge is 0.267 e. The summed E-state index contributed by atoms with van der Waals surface area (Å²) in [6, 6.07) is 9.45. The van der Waals surface area contributed by atoms with E-state index in [4.69, 9.17) is 10.5 Å². The number of methoxy groups -OCH3 is 1. The van der Waals surface area contributed by atoms with Crippen molar-refractivity contribution < 1.29 is 9.53 Å². The summed E-state index contributed by atoms with van der Waals surface area (Å²) < 4.78 is 6.99. The quantitative estimate of drug-likeness (QED) is 0.869. The van der Waals surface area contributed by atoms with Gasteiger partial charge in [-0.15, -0.1) is 0 Å². The lowest BCUT2D eigenvalue weighted by Gasteiger charge is -2.09. The van der Waals surface area contributed by atoms with Crippen LogP contribution in [0.25, 0.3) is 0 Å². The molecule has 0 saturated carbocycles. The number of anilines is 1. The van der Waals surface area contributed by atoms with Gasteiger partial charge in [0, 0.05) is 19.8 Å². The van der Waals surface area contributed by atoms with E-state index in [0.717, 1.165) is 17.7 Å². The topological polar surface area (TPSA) is 69.3 Å². The van der Waals surface area contributed by atoms with Gasteiger partial charge in [0.05, 0.1) is 12.8 Å². The Kier molecular flexibility index (Phi) is 4.30. The number of para-hydroxylation sites is 1. The molecule has 0 bridgehead atoms. The van der Waals surface area contributed by atoms with Crippen molar-refractivity contribution in [3.8, 4) is 5.75 Å². The molecule has 106 valence electrons. The molecule has 0 atom stereocenters. The van der Waals surface area contributed by atoms with Gasteiger partial charge in [0.25, 0.3) is 5.91 Å². The number of carbonyl (C=O) groups is 1. The zero-order chi connectivity index (χ0) is 14.5. The van der Waals surface area contributed by atoms with Crippen LogP contribution in [0.1, 0.15) is 16.1 Å². The van der Waals surface area contributed by atoms with Crippen molar-refractivity contribution in [2.45, 2.75) is 6.42 Å². The Morgan fingerprint density at radius 2 is 2.15 bits per heavy atom. The fourth-order valence-electron chi connectivity index (χ4n) is 2.13. The van der Waals surface area contributed by atoms with E-state index >= 15 is 0 Å². The summed E-state index contributed by atoms with van der Waals surface area (Å²) in [4.78, 5) is 12.0. The van der Waals surface area contributed by atoms with E-state index in [0.29, 0.717) is 17.9 Å². The van der Waals surface area contributed by atoms with Crippen molar-refractivity contribution in [2.75, 3.05) is 19.4 Å². The number of rotatable bonds is 5. The first kappa shape index (κ1) is 14.0. The van der Waals surface area contributed by atoms with Crippen LogP contribution in [0.4, 0.5) is 5.69 Å². The number of aryl methyl sites for hydroxylation is 1. The molecule has 0 aliphatic rings. The second-order valence-electron chi connectivity index (χ2n) is 4.59. The maximum Gasteiger partial charge on any atom is 0.267 e. The number of amides is 1. The summed E-state index contributed by atoms with van der Waals surface area (Å²) in [5.74, 6) is 0.712. The number of nitrogens with zero attached hydrogens (tertiary/aromatic N) is 1. The molecule has 2 aromatic rings. The lowest BCUT2D eigenvalue weighted by Crippen LogP contribution is -2.27. The molecule has 1 heterocycles. The Morgan fingerprint density at radius 1 is 1.40 bits per heavy atom. The predicted octanol–water partition coefficient (Wildman–Crippen LogP) is 1.59. The number of ether oxygens (including phenoxy) is 1. The zero-order valence-electron chi connectivity index (χ0n) is 11.7. The number of nitrogens with one attached hydrogen (secondary N) is 1. The fraction of sp³-hybridized carbons (Fsp3) is 0.267. The molecule has 5 heteroatoms. The molecule has 2 rings (SSSR count). The van der Waals surface area contributed by atoms with Gasteiger partial charge < -0.3 is 20.4 Å². The maximum absolute atomic E-state index is 12.0. The Hall–Kier alpha value is -2.43. The van der Waals surface area contributed by atoms with E-state index < -0.39 is 0 Å². The van der Waals surface area contributed by atoms with E-state index in [2.05, 4.69) is 5.32 Å². The number of nitrogens with two attached hydrogens (primary N) is 1. The molecule has 0 aliphatic heterocycles. The lowest BCUT2D eigenvalue weighted by molar-refractivity contribution is 0.0946. The third kappa shape index (κ3) is 3.12. The van der Waals surface area contributed by atoms with Crippen LogP contribution >= 0.6 is 0 Å². The maximum atomic E-state index is 12.0. The summed E-state index contributed by atoms with van der Waals surface area (Å²) in [5, 5.41) is 2.88. The highest BCUT2D eigenvalue weighted by atomic mass is 16.5. The molecule has 0 radical (unpaired) electrons. The highest BCUT2D eigenvalue weighted by Gasteiger charge is 2.10. The Bertz CT molecular complexity index is 605. The number of carbonyl (C=O) groups excluding carboxylic acids is 1. The molecular weight excluding hydrogens is 254 g/mol. The second-order valence-corrected chi connectivity index (χ2v) is 4.59. The minimum atomic E-state index is -0.126. The van der Waals surface area contributed by atoms with Gasteiger partial charge in [-0.1, -0.05) is 18.2 Å². The first-order valence-electron chi connectivity index (χ1n) is 6.43. The van der Waals surface area contributed by atoms with Crippen molar-refractivity contribution in [2.24, 2.45) is 7.05 Å². The normalized spacial score (nSPS) is 10.3. The van der Waals surface area contributed by atoms with Crippen LogP contribution in [0.2, 0.25) is 0 Å². The SMILES string of the molecule is COc1ccccc1CCNC(=O)c1cc(N)cn1C. The summed E-state index contributed by atoms with van der Waals surface area (Å²) in [7, 11) is 3.44. The number of hydrogen-bond donors (Lipinski definition) is 2. The number of benzene rings is 1.